The van der Waals surface area contributed by atoms with Crippen LogP contribution in [0.2, 0.25) is 0 Å². The Morgan fingerprint density at radius 2 is 1.47 bits per heavy atom. The van der Waals surface area contributed by atoms with E-state index in [4.69, 9.17) is 4.74 Å². The number of epoxide rings is 1. The highest BCUT2D eigenvalue weighted by molar-refractivity contribution is 5.54. The number of phenolic OH excluding ortho intramolecular Hbond substituents is 2. The second-order valence-electron chi connectivity index (χ2n) is 9.04. The Morgan fingerprint density at radius 1 is 0.867 bits per heavy atom. The van der Waals surface area contributed by atoms with Crippen LogP contribution < -0.4 is 0 Å². The van der Waals surface area contributed by atoms with E-state index in [1.807, 2.05) is 36.4 Å². The maximum absolute atomic E-state index is 10.9. The number of hydrogen-bond acceptors (Lipinski definition) is 3. The molecule has 3 atom stereocenters. The zero-order valence-electron chi connectivity index (χ0n) is 17.9. The van der Waals surface area contributed by atoms with Gasteiger partial charge in [0.1, 0.15) is 0 Å². The molecule has 1 fully saturated rings. The number of benzene rings is 3. The van der Waals surface area contributed by atoms with Gasteiger partial charge in [0, 0.05) is 11.0 Å². The third-order valence-corrected chi connectivity index (χ3v) is 7.17. The third kappa shape index (κ3) is 3.48. The summed E-state index contributed by atoms with van der Waals surface area (Å²) in [6, 6.07) is 26.1. The fraction of sp³-hybridized carbons (Fsp3) is 0.333. The van der Waals surface area contributed by atoms with Gasteiger partial charge >= 0.3 is 0 Å². The number of ether oxygens (including phenoxy) is 1. The standard InChI is InChI=1S/C27H30O3/c1-26(2,23(17-21-18-30-21)19-11-6-4-7-12-19)27(3,20-13-8-5-9-14-20)22-15-10-16-24(28)25(22)29/h4-16,21,23,28-29H,17-18H2,1-3H3. The van der Waals surface area contributed by atoms with Gasteiger partial charge in [-0.3, -0.25) is 0 Å². The SMILES string of the molecule is CC(c1ccccc1)(c1cccc(O)c1O)C(C)(C)C(CC1CO1)c1ccccc1. The third-order valence-electron chi connectivity index (χ3n) is 7.17. The van der Waals surface area contributed by atoms with Crippen LogP contribution in [0.25, 0.3) is 0 Å². The lowest BCUT2D eigenvalue weighted by atomic mass is 9.52. The van der Waals surface area contributed by atoms with E-state index in [0.29, 0.717) is 0 Å². The van der Waals surface area contributed by atoms with Crippen LogP contribution in [0.3, 0.4) is 0 Å². The van der Waals surface area contributed by atoms with Gasteiger partial charge < -0.3 is 14.9 Å². The average Bonchev–Trinajstić information content (AvgIpc) is 3.59. The molecule has 156 valence electrons. The summed E-state index contributed by atoms with van der Waals surface area (Å²) < 4.78 is 5.63. The lowest BCUT2D eigenvalue weighted by Gasteiger charge is -2.50. The molecule has 3 aromatic carbocycles. The first-order chi connectivity index (χ1) is 14.4. The van der Waals surface area contributed by atoms with Crippen molar-refractivity contribution in [2.75, 3.05) is 6.61 Å². The number of rotatable bonds is 7. The molecule has 1 heterocycles. The minimum Gasteiger partial charge on any atom is -0.504 e. The molecule has 3 unspecified atom stereocenters. The van der Waals surface area contributed by atoms with E-state index in [-0.39, 0.29) is 28.9 Å². The number of hydrogen-bond donors (Lipinski definition) is 2. The van der Waals surface area contributed by atoms with Crippen LogP contribution in [0.15, 0.2) is 78.9 Å². The normalized spacial score (nSPS) is 19.1. The highest BCUT2D eigenvalue weighted by atomic mass is 16.6. The zero-order valence-corrected chi connectivity index (χ0v) is 17.9. The molecule has 0 saturated carbocycles. The van der Waals surface area contributed by atoms with Crippen molar-refractivity contribution in [2.45, 2.75) is 44.6 Å². The second kappa shape index (κ2) is 7.81. The Morgan fingerprint density at radius 3 is 2.07 bits per heavy atom. The highest BCUT2D eigenvalue weighted by Gasteiger charge is 2.51. The first-order valence-electron chi connectivity index (χ1n) is 10.6. The number of phenols is 2. The van der Waals surface area contributed by atoms with Crippen molar-refractivity contribution in [3.05, 3.63) is 95.6 Å². The molecule has 0 amide bonds. The topological polar surface area (TPSA) is 53.0 Å². The van der Waals surface area contributed by atoms with Gasteiger partial charge in [-0.2, -0.15) is 0 Å². The van der Waals surface area contributed by atoms with Gasteiger partial charge in [-0.25, -0.2) is 0 Å². The van der Waals surface area contributed by atoms with Crippen LogP contribution in [-0.4, -0.2) is 22.9 Å². The monoisotopic (exact) mass is 402 g/mol. The molecular weight excluding hydrogens is 372 g/mol. The van der Waals surface area contributed by atoms with Crippen LogP contribution in [0, 0.1) is 5.41 Å². The molecule has 0 aliphatic carbocycles. The van der Waals surface area contributed by atoms with Crippen LogP contribution in [0.4, 0.5) is 0 Å². The predicted molar refractivity (Wildman–Crippen MR) is 120 cm³/mol. The van der Waals surface area contributed by atoms with Crippen molar-refractivity contribution in [2.24, 2.45) is 5.41 Å². The summed E-state index contributed by atoms with van der Waals surface area (Å²) in [6.07, 6.45) is 1.19. The molecule has 4 rings (SSSR count). The highest BCUT2D eigenvalue weighted by Crippen LogP contribution is 2.58. The van der Waals surface area contributed by atoms with E-state index >= 15 is 0 Å². The molecule has 3 heteroatoms. The van der Waals surface area contributed by atoms with Gasteiger partial charge in [-0.15, -0.1) is 0 Å². The molecule has 30 heavy (non-hydrogen) atoms. The minimum atomic E-state index is -0.563. The van der Waals surface area contributed by atoms with Crippen molar-refractivity contribution in [1.29, 1.82) is 0 Å². The molecule has 3 aromatic rings. The maximum atomic E-state index is 10.9. The largest absolute Gasteiger partial charge is 0.504 e. The molecule has 0 spiro atoms. The summed E-state index contributed by atoms with van der Waals surface area (Å²) in [5.41, 5.74) is 2.23. The van der Waals surface area contributed by atoms with E-state index in [1.54, 1.807) is 0 Å². The van der Waals surface area contributed by atoms with Gasteiger partial charge in [0.2, 0.25) is 0 Å². The Labute approximate surface area is 179 Å². The molecule has 1 aliphatic heterocycles. The Hall–Kier alpha value is -2.78. The van der Waals surface area contributed by atoms with E-state index in [1.165, 1.54) is 11.6 Å². The van der Waals surface area contributed by atoms with E-state index in [0.717, 1.165) is 24.2 Å². The van der Waals surface area contributed by atoms with E-state index < -0.39 is 5.41 Å². The van der Waals surface area contributed by atoms with Gasteiger partial charge in [-0.1, -0.05) is 93.6 Å². The summed E-state index contributed by atoms with van der Waals surface area (Å²) in [7, 11) is 0. The molecule has 2 N–H and O–H groups in total. The molecular formula is C27H30O3. The summed E-state index contributed by atoms with van der Waals surface area (Å²) in [5.74, 6) is 0.0526. The first kappa shape index (κ1) is 20.5. The molecule has 1 aliphatic rings. The molecule has 1 saturated heterocycles. The van der Waals surface area contributed by atoms with E-state index in [2.05, 4.69) is 57.2 Å². The van der Waals surface area contributed by atoms with Crippen molar-refractivity contribution in [3.8, 4) is 11.5 Å². The van der Waals surface area contributed by atoms with Crippen LogP contribution in [0.5, 0.6) is 11.5 Å². The summed E-state index contributed by atoms with van der Waals surface area (Å²) in [4.78, 5) is 0. The smallest absolute Gasteiger partial charge is 0.161 e. The molecule has 0 radical (unpaired) electrons. The summed E-state index contributed by atoms with van der Waals surface area (Å²) in [6.45, 7) is 7.52. The maximum Gasteiger partial charge on any atom is 0.161 e. The zero-order chi connectivity index (χ0) is 21.4. The molecule has 0 bridgehead atoms. The van der Waals surface area contributed by atoms with Crippen LogP contribution in [0.1, 0.15) is 49.8 Å². The van der Waals surface area contributed by atoms with Gasteiger partial charge in [0.25, 0.3) is 0 Å². The Bertz CT molecular complexity index is 993. The first-order valence-corrected chi connectivity index (χ1v) is 10.6. The number of aromatic hydroxyl groups is 2. The van der Waals surface area contributed by atoms with E-state index in [9.17, 15) is 10.2 Å². The minimum absolute atomic E-state index is 0.0496. The number of para-hydroxylation sites is 1. The predicted octanol–water partition coefficient (Wildman–Crippen LogP) is 6.00. The van der Waals surface area contributed by atoms with Crippen molar-refractivity contribution in [1.82, 2.24) is 0 Å². The van der Waals surface area contributed by atoms with Crippen molar-refractivity contribution < 1.29 is 14.9 Å². The van der Waals surface area contributed by atoms with Gasteiger partial charge in [0.15, 0.2) is 11.5 Å². The van der Waals surface area contributed by atoms with Crippen LogP contribution >= 0.6 is 0 Å². The fourth-order valence-corrected chi connectivity index (χ4v) is 4.93. The lowest BCUT2D eigenvalue weighted by Crippen LogP contribution is -2.45. The van der Waals surface area contributed by atoms with Crippen molar-refractivity contribution in [3.63, 3.8) is 0 Å². The average molecular weight is 403 g/mol. The Kier molecular flexibility index (Phi) is 5.33. The fourth-order valence-electron chi connectivity index (χ4n) is 4.93. The second-order valence-corrected chi connectivity index (χ2v) is 9.04. The quantitative estimate of drug-likeness (QED) is 0.376. The summed E-state index contributed by atoms with van der Waals surface area (Å²) >= 11 is 0. The molecule has 0 aromatic heterocycles. The lowest BCUT2D eigenvalue weighted by molar-refractivity contribution is 0.149. The molecule has 3 nitrogen and oxygen atoms in total. The Balaban J connectivity index is 1.93. The van der Waals surface area contributed by atoms with Gasteiger partial charge in [-0.05, 0) is 34.9 Å². The van der Waals surface area contributed by atoms with Crippen LogP contribution in [-0.2, 0) is 10.2 Å². The summed E-state index contributed by atoms with van der Waals surface area (Å²) in [5, 5.41) is 21.2. The van der Waals surface area contributed by atoms with Crippen molar-refractivity contribution >= 4 is 0 Å². The van der Waals surface area contributed by atoms with Gasteiger partial charge in [0.05, 0.1) is 12.7 Å².